The van der Waals surface area contributed by atoms with E-state index in [0.29, 0.717) is 5.41 Å². The summed E-state index contributed by atoms with van der Waals surface area (Å²) in [6.07, 6.45) is 2.08. The minimum atomic E-state index is 0. The number of nitrogens with one attached hydrogen (secondary N) is 1. The Labute approximate surface area is 162 Å². The highest BCUT2D eigenvalue weighted by Crippen LogP contribution is 2.46. The highest BCUT2D eigenvalue weighted by atomic mass is 127. The molecule has 2 heterocycles. The lowest BCUT2D eigenvalue weighted by molar-refractivity contribution is -0.0667. The second-order valence-electron chi connectivity index (χ2n) is 7.25. The lowest BCUT2D eigenvalue weighted by atomic mass is 9.65. The van der Waals surface area contributed by atoms with Gasteiger partial charge < -0.3 is 10.2 Å². The van der Waals surface area contributed by atoms with Crippen molar-refractivity contribution in [3.63, 3.8) is 0 Å². The van der Waals surface area contributed by atoms with Gasteiger partial charge in [-0.3, -0.25) is 4.99 Å². The van der Waals surface area contributed by atoms with Crippen LogP contribution in [-0.2, 0) is 6.42 Å². The minimum absolute atomic E-state index is 0. The highest BCUT2D eigenvalue weighted by Gasteiger charge is 2.53. The van der Waals surface area contributed by atoms with Crippen LogP contribution in [-0.4, -0.2) is 41.0 Å². The number of aromatic nitrogens is 1. The summed E-state index contributed by atoms with van der Waals surface area (Å²) in [5.74, 6) is 1.06. The number of guanidine groups is 1. The summed E-state index contributed by atoms with van der Waals surface area (Å²) in [5, 5.41) is 6.79. The number of thiazole rings is 1. The number of hydrogen-bond acceptors (Lipinski definition) is 3. The fraction of sp³-hybridized carbons (Fsp3) is 0.765. The van der Waals surface area contributed by atoms with Crippen LogP contribution in [0.5, 0.6) is 0 Å². The molecular weight excluding hydrogens is 419 g/mol. The third kappa shape index (κ3) is 4.59. The van der Waals surface area contributed by atoms with E-state index in [1.54, 1.807) is 11.3 Å². The third-order valence-corrected chi connectivity index (χ3v) is 5.98. The van der Waals surface area contributed by atoms with Crippen LogP contribution < -0.4 is 5.32 Å². The first-order chi connectivity index (χ1) is 10.3. The fourth-order valence-corrected chi connectivity index (χ4v) is 3.55. The van der Waals surface area contributed by atoms with Gasteiger partial charge in [-0.15, -0.1) is 35.3 Å². The summed E-state index contributed by atoms with van der Waals surface area (Å²) in [4.78, 5) is 11.7. The van der Waals surface area contributed by atoms with Crippen molar-refractivity contribution in [2.75, 3.05) is 19.6 Å². The van der Waals surface area contributed by atoms with E-state index in [0.717, 1.165) is 44.1 Å². The number of rotatable bonds is 5. The molecule has 1 aromatic heterocycles. The van der Waals surface area contributed by atoms with Gasteiger partial charge in [0.2, 0.25) is 0 Å². The van der Waals surface area contributed by atoms with Crippen molar-refractivity contribution in [1.29, 1.82) is 0 Å². The van der Waals surface area contributed by atoms with E-state index < -0.39 is 0 Å². The molecule has 0 spiro atoms. The Bertz CT molecular complexity index is 536. The van der Waals surface area contributed by atoms with Gasteiger partial charge >= 0.3 is 0 Å². The third-order valence-electron chi connectivity index (χ3n) is 4.95. The molecule has 0 amide bonds. The van der Waals surface area contributed by atoms with Gasteiger partial charge in [-0.2, -0.15) is 0 Å². The second kappa shape index (κ2) is 8.14. The van der Waals surface area contributed by atoms with E-state index in [-0.39, 0.29) is 29.5 Å². The van der Waals surface area contributed by atoms with E-state index in [1.165, 1.54) is 5.01 Å². The smallest absolute Gasteiger partial charge is 0.194 e. The first-order valence-corrected chi connectivity index (χ1v) is 9.13. The van der Waals surface area contributed by atoms with Gasteiger partial charge in [0.1, 0.15) is 0 Å². The lowest BCUT2D eigenvalue weighted by Crippen LogP contribution is -2.72. The number of halogens is 1. The summed E-state index contributed by atoms with van der Waals surface area (Å²) in [6, 6.07) is 0. The summed E-state index contributed by atoms with van der Waals surface area (Å²) in [5.41, 5.74) is 1.61. The Morgan fingerprint density at radius 2 is 2.09 bits per heavy atom. The van der Waals surface area contributed by atoms with Crippen molar-refractivity contribution in [2.45, 2.75) is 59.9 Å². The van der Waals surface area contributed by atoms with Crippen molar-refractivity contribution in [1.82, 2.24) is 15.2 Å². The average molecular weight is 450 g/mol. The van der Waals surface area contributed by atoms with Crippen LogP contribution in [0.4, 0.5) is 0 Å². The van der Waals surface area contributed by atoms with E-state index >= 15 is 0 Å². The molecule has 4 nitrogen and oxygen atoms in total. The molecule has 0 saturated carbocycles. The number of likely N-dealkylation sites (tertiary alicyclic amines) is 1. The first kappa shape index (κ1) is 20.7. The predicted molar refractivity (Wildman–Crippen MR) is 111 cm³/mol. The Hall–Kier alpha value is -0.370. The molecule has 0 atom stereocenters. The molecule has 2 rings (SSSR count). The molecule has 1 N–H and O–H groups in total. The minimum Gasteiger partial charge on any atom is -0.356 e. The zero-order valence-corrected chi connectivity index (χ0v) is 18.4. The largest absolute Gasteiger partial charge is 0.356 e. The number of nitrogens with zero attached hydrogens (tertiary/aromatic N) is 3. The molecule has 6 heteroatoms. The second-order valence-corrected chi connectivity index (χ2v) is 8.19. The Balaban J connectivity index is 0.00000264. The summed E-state index contributed by atoms with van der Waals surface area (Å²) < 4.78 is 0. The molecule has 0 bridgehead atoms. The Morgan fingerprint density at radius 3 is 2.57 bits per heavy atom. The van der Waals surface area contributed by atoms with E-state index in [4.69, 9.17) is 4.99 Å². The molecule has 132 valence electrons. The molecule has 1 aliphatic heterocycles. The standard InChI is InChI=1S/C17H30N4S.HI/c1-7-18-15(21-12-16(3,4)17(21,5)6)19-10-8-9-14-20-13(2)11-22-14;/h11H,7-10,12H2,1-6H3,(H,18,19);1H. The van der Waals surface area contributed by atoms with Crippen molar-refractivity contribution in [2.24, 2.45) is 10.4 Å². The van der Waals surface area contributed by atoms with Crippen LogP contribution in [0.25, 0.3) is 0 Å². The van der Waals surface area contributed by atoms with E-state index in [1.807, 2.05) is 0 Å². The van der Waals surface area contributed by atoms with Gasteiger partial charge in [-0.05, 0) is 34.1 Å². The van der Waals surface area contributed by atoms with Crippen LogP contribution in [0.1, 0.15) is 51.7 Å². The maximum atomic E-state index is 4.83. The van der Waals surface area contributed by atoms with Gasteiger partial charge in [0.25, 0.3) is 0 Å². The Kier molecular flexibility index (Phi) is 7.32. The molecule has 1 saturated heterocycles. The van der Waals surface area contributed by atoms with Crippen LogP contribution >= 0.6 is 35.3 Å². The molecule has 1 aromatic rings. The molecule has 1 fully saturated rings. The quantitative estimate of drug-likeness (QED) is 0.318. The van der Waals surface area contributed by atoms with Crippen molar-refractivity contribution >= 4 is 41.3 Å². The van der Waals surface area contributed by atoms with E-state index in [2.05, 4.69) is 62.1 Å². The summed E-state index contributed by atoms with van der Waals surface area (Å²) >= 11 is 1.75. The van der Waals surface area contributed by atoms with Crippen LogP contribution in [0, 0.1) is 12.3 Å². The molecule has 0 aliphatic carbocycles. The monoisotopic (exact) mass is 450 g/mol. The fourth-order valence-electron chi connectivity index (χ4n) is 2.73. The van der Waals surface area contributed by atoms with Crippen molar-refractivity contribution in [3.8, 4) is 0 Å². The molecule has 0 radical (unpaired) electrons. The van der Waals surface area contributed by atoms with Gasteiger partial charge in [-0.25, -0.2) is 4.98 Å². The molecule has 0 aromatic carbocycles. The zero-order valence-electron chi connectivity index (χ0n) is 15.3. The van der Waals surface area contributed by atoms with Crippen molar-refractivity contribution in [3.05, 3.63) is 16.1 Å². The topological polar surface area (TPSA) is 40.5 Å². The molecule has 23 heavy (non-hydrogen) atoms. The van der Waals surface area contributed by atoms with Gasteiger partial charge in [0, 0.05) is 48.1 Å². The van der Waals surface area contributed by atoms with E-state index in [9.17, 15) is 0 Å². The van der Waals surface area contributed by atoms with Gasteiger partial charge in [-0.1, -0.05) is 13.8 Å². The van der Waals surface area contributed by atoms with Crippen molar-refractivity contribution < 1.29 is 0 Å². The number of aliphatic imine (C=N–C) groups is 1. The maximum Gasteiger partial charge on any atom is 0.194 e. The highest BCUT2D eigenvalue weighted by molar-refractivity contribution is 14.0. The number of aryl methyl sites for hydroxylation is 2. The molecular formula is C17H31IN4S. The van der Waals surface area contributed by atoms with Gasteiger partial charge in [0.05, 0.1) is 5.01 Å². The van der Waals surface area contributed by atoms with Gasteiger partial charge in [0.15, 0.2) is 5.96 Å². The Morgan fingerprint density at radius 1 is 1.39 bits per heavy atom. The predicted octanol–water partition coefficient (Wildman–Crippen LogP) is 4.09. The van der Waals surface area contributed by atoms with Crippen LogP contribution in [0.2, 0.25) is 0 Å². The maximum absolute atomic E-state index is 4.83. The van der Waals surface area contributed by atoms with Crippen LogP contribution in [0.3, 0.4) is 0 Å². The number of hydrogen-bond donors (Lipinski definition) is 1. The normalized spacial score (nSPS) is 19.0. The zero-order chi connectivity index (χ0) is 16.4. The molecule has 1 aliphatic rings. The summed E-state index contributed by atoms with van der Waals surface area (Å²) in [7, 11) is 0. The molecule has 0 unspecified atom stereocenters. The first-order valence-electron chi connectivity index (χ1n) is 8.25. The van der Waals surface area contributed by atoms with Crippen LogP contribution in [0.15, 0.2) is 10.4 Å². The summed E-state index contributed by atoms with van der Waals surface area (Å²) in [6.45, 7) is 16.3. The lowest BCUT2D eigenvalue weighted by Gasteiger charge is -2.62. The SMILES string of the molecule is CCNC(=NCCCc1nc(C)cs1)N1CC(C)(C)C1(C)C.I. The average Bonchev–Trinajstić information content (AvgIpc) is 2.85.